The van der Waals surface area contributed by atoms with Crippen LogP contribution < -0.4 is 4.74 Å². The van der Waals surface area contributed by atoms with Gasteiger partial charge < -0.3 is 4.74 Å². The number of aromatic nitrogens is 1. The maximum absolute atomic E-state index is 5.18. The highest BCUT2D eigenvalue weighted by molar-refractivity contribution is 14.1. The minimum Gasteiger partial charge on any atom is -0.497 e. The van der Waals surface area contributed by atoms with Gasteiger partial charge in [0, 0.05) is 19.6 Å². The number of methoxy groups -OCH3 is 1. The molecule has 0 saturated heterocycles. The van der Waals surface area contributed by atoms with E-state index in [0.29, 0.717) is 0 Å². The third-order valence-corrected chi connectivity index (χ3v) is 3.11. The van der Waals surface area contributed by atoms with E-state index in [0.717, 1.165) is 24.7 Å². The Labute approximate surface area is 104 Å². The fourth-order valence-corrected chi connectivity index (χ4v) is 2.30. The highest BCUT2D eigenvalue weighted by atomic mass is 127. The highest BCUT2D eigenvalue weighted by Crippen LogP contribution is 2.28. The second-order valence-corrected chi connectivity index (χ2v) is 4.93. The summed E-state index contributed by atoms with van der Waals surface area (Å²) in [6, 6.07) is 5.98. The fourth-order valence-electron chi connectivity index (χ4n) is 1.27. The molecule has 1 aromatic heterocycles. The zero-order chi connectivity index (χ0) is 10.1. The van der Waals surface area contributed by atoms with Gasteiger partial charge in [-0.05, 0) is 56.7 Å². The Bertz CT molecular complexity index is 487. The summed E-state index contributed by atoms with van der Waals surface area (Å²) in [7, 11) is 1.66. The van der Waals surface area contributed by atoms with Gasteiger partial charge in [0.15, 0.2) is 0 Å². The molecule has 0 aliphatic heterocycles. The maximum atomic E-state index is 5.18. The van der Waals surface area contributed by atoms with Crippen molar-refractivity contribution >= 4 is 49.4 Å². The first kappa shape index (κ1) is 10.2. The van der Waals surface area contributed by atoms with E-state index in [1.54, 1.807) is 7.11 Å². The van der Waals surface area contributed by atoms with Crippen LogP contribution in [-0.2, 0) is 0 Å². The summed E-state index contributed by atoms with van der Waals surface area (Å²) in [6.07, 6.45) is 1.85. The first-order valence-corrected chi connectivity index (χ1v) is 5.86. The van der Waals surface area contributed by atoms with E-state index in [-0.39, 0.29) is 0 Å². The third-order valence-electron chi connectivity index (χ3n) is 1.91. The van der Waals surface area contributed by atoms with E-state index in [1.165, 1.54) is 0 Å². The monoisotopic (exact) mass is 363 g/mol. The van der Waals surface area contributed by atoms with Crippen LogP contribution in [0, 0.1) is 3.57 Å². The lowest BCUT2D eigenvalue weighted by Crippen LogP contribution is -1.86. The third kappa shape index (κ3) is 1.86. The van der Waals surface area contributed by atoms with Crippen molar-refractivity contribution in [1.29, 1.82) is 0 Å². The van der Waals surface area contributed by atoms with Crippen molar-refractivity contribution in [1.82, 2.24) is 4.98 Å². The van der Waals surface area contributed by atoms with E-state index >= 15 is 0 Å². The van der Waals surface area contributed by atoms with Crippen molar-refractivity contribution in [2.45, 2.75) is 0 Å². The fraction of sp³-hybridized carbons (Fsp3) is 0.100. The molecule has 2 nitrogen and oxygen atoms in total. The lowest BCUT2D eigenvalue weighted by Gasteiger charge is -2.04. The number of fused-ring (bicyclic) bond motifs is 1. The molecule has 0 aliphatic rings. The van der Waals surface area contributed by atoms with Gasteiger partial charge in [0.05, 0.1) is 12.6 Å². The quantitative estimate of drug-likeness (QED) is 0.722. The molecule has 0 spiro atoms. The molecular weight excluding hydrogens is 357 g/mol. The Morgan fingerprint density at radius 1 is 1.36 bits per heavy atom. The number of hydrogen-bond acceptors (Lipinski definition) is 2. The van der Waals surface area contributed by atoms with Gasteiger partial charge in [-0.15, -0.1) is 0 Å². The van der Waals surface area contributed by atoms with Crippen LogP contribution in [0.3, 0.4) is 0 Å². The van der Waals surface area contributed by atoms with Gasteiger partial charge >= 0.3 is 0 Å². The van der Waals surface area contributed by atoms with Gasteiger partial charge in [-0.1, -0.05) is 0 Å². The van der Waals surface area contributed by atoms with Crippen molar-refractivity contribution in [2.24, 2.45) is 0 Å². The van der Waals surface area contributed by atoms with Gasteiger partial charge in [-0.25, -0.2) is 0 Å². The van der Waals surface area contributed by atoms with E-state index in [4.69, 9.17) is 4.74 Å². The first-order valence-electron chi connectivity index (χ1n) is 3.99. The molecule has 0 amide bonds. The summed E-state index contributed by atoms with van der Waals surface area (Å²) in [5, 5.41) is 1.09. The van der Waals surface area contributed by atoms with Crippen LogP contribution in [0.15, 0.2) is 28.9 Å². The summed E-state index contributed by atoms with van der Waals surface area (Å²) in [4.78, 5) is 4.35. The SMILES string of the molecule is COc1cc(Br)c2ncc(I)cc2c1. The highest BCUT2D eigenvalue weighted by Gasteiger charge is 2.03. The molecule has 0 bridgehead atoms. The Balaban J connectivity index is 2.77. The molecule has 2 rings (SSSR count). The van der Waals surface area contributed by atoms with Crippen molar-refractivity contribution in [2.75, 3.05) is 7.11 Å². The predicted molar refractivity (Wildman–Crippen MR) is 68.7 cm³/mol. The Morgan fingerprint density at radius 3 is 2.86 bits per heavy atom. The first-order chi connectivity index (χ1) is 6.70. The molecule has 0 fully saturated rings. The average molecular weight is 364 g/mol. The molecule has 0 aliphatic carbocycles. The molecule has 72 valence electrons. The van der Waals surface area contributed by atoms with Gasteiger partial charge in [-0.3, -0.25) is 4.98 Å². The Morgan fingerprint density at radius 2 is 2.14 bits per heavy atom. The van der Waals surface area contributed by atoms with Gasteiger partial charge in [0.25, 0.3) is 0 Å². The molecule has 1 aromatic carbocycles. The van der Waals surface area contributed by atoms with Crippen LogP contribution in [-0.4, -0.2) is 12.1 Å². The van der Waals surface area contributed by atoms with E-state index in [2.05, 4.69) is 49.6 Å². The molecule has 0 N–H and O–H groups in total. The minimum atomic E-state index is 0.841. The Kier molecular flexibility index (Phi) is 2.92. The zero-order valence-corrected chi connectivity index (χ0v) is 11.2. The predicted octanol–water partition coefficient (Wildman–Crippen LogP) is 3.61. The number of ether oxygens (including phenoxy) is 1. The Hall–Kier alpha value is -0.360. The van der Waals surface area contributed by atoms with Crippen molar-refractivity contribution in [3.8, 4) is 5.75 Å². The molecule has 0 saturated carbocycles. The van der Waals surface area contributed by atoms with Crippen molar-refractivity contribution in [3.63, 3.8) is 0 Å². The van der Waals surface area contributed by atoms with Crippen LogP contribution in [0.1, 0.15) is 0 Å². The van der Waals surface area contributed by atoms with E-state index in [9.17, 15) is 0 Å². The molecular formula is C10H7BrINO. The maximum Gasteiger partial charge on any atom is 0.120 e. The largest absolute Gasteiger partial charge is 0.497 e. The molecule has 1 heterocycles. The smallest absolute Gasteiger partial charge is 0.120 e. The number of halogens is 2. The molecule has 0 unspecified atom stereocenters. The van der Waals surface area contributed by atoms with E-state index < -0.39 is 0 Å². The summed E-state index contributed by atoms with van der Waals surface area (Å²) >= 11 is 5.71. The summed E-state index contributed by atoms with van der Waals surface area (Å²) < 4.78 is 7.26. The number of benzene rings is 1. The normalized spacial score (nSPS) is 10.5. The second-order valence-electron chi connectivity index (χ2n) is 2.83. The molecule has 4 heteroatoms. The molecule has 14 heavy (non-hydrogen) atoms. The van der Waals surface area contributed by atoms with Crippen molar-refractivity contribution < 1.29 is 4.74 Å². The van der Waals surface area contributed by atoms with Crippen molar-refractivity contribution in [3.05, 3.63) is 32.4 Å². The summed E-state index contributed by atoms with van der Waals surface area (Å²) in [5.41, 5.74) is 0.964. The van der Waals surface area contributed by atoms with Crippen LogP contribution in [0.25, 0.3) is 10.9 Å². The van der Waals surface area contributed by atoms with Crippen LogP contribution >= 0.6 is 38.5 Å². The van der Waals surface area contributed by atoms with Crippen LogP contribution in [0.2, 0.25) is 0 Å². The van der Waals surface area contributed by atoms with E-state index in [1.807, 2.05) is 18.3 Å². The lowest BCUT2D eigenvalue weighted by molar-refractivity contribution is 0.415. The van der Waals surface area contributed by atoms with Crippen LogP contribution in [0.4, 0.5) is 0 Å². The lowest BCUT2D eigenvalue weighted by atomic mass is 10.2. The van der Waals surface area contributed by atoms with Crippen LogP contribution in [0.5, 0.6) is 5.75 Å². The average Bonchev–Trinajstić information content (AvgIpc) is 2.16. The minimum absolute atomic E-state index is 0.841. The standard InChI is InChI=1S/C10H7BrINO/c1-14-8-3-6-2-7(12)5-13-10(6)9(11)4-8/h2-5H,1H3. The van der Waals surface area contributed by atoms with Gasteiger partial charge in [0.1, 0.15) is 5.75 Å². The number of nitrogens with zero attached hydrogens (tertiary/aromatic N) is 1. The summed E-state index contributed by atoms with van der Waals surface area (Å²) in [5.74, 6) is 0.841. The topological polar surface area (TPSA) is 22.1 Å². The second kappa shape index (κ2) is 4.02. The van der Waals surface area contributed by atoms with Gasteiger partial charge in [0.2, 0.25) is 0 Å². The number of pyridine rings is 1. The number of rotatable bonds is 1. The number of hydrogen-bond donors (Lipinski definition) is 0. The molecule has 2 aromatic rings. The molecule has 0 radical (unpaired) electrons. The zero-order valence-electron chi connectivity index (χ0n) is 7.42. The molecule has 0 atom stereocenters. The summed E-state index contributed by atoms with van der Waals surface area (Å²) in [6.45, 7) is 0. The van der Waals surface area contributed by atoms with Gasteiger partial charge in [-0.2, -0.15) is 0 Å².